The molecule has 2 N–H and O–H groups in total. The molecule has 0 fully saturated rings. The van der Waals surface area contributed by atoms with Crippen LogP contribution < -0.4 is 10.6 Å². The highest BCUT2D eigenvalue weighted by Crippen LogP contribution is 2.11. The predicted octanol–water partition coefficient (Wildman–Crippen LogP) is 3.03. The van der Waals surface area contributed by atoms with Crippen molar-refractivity contribution in [3.63, 3.8) is 0 Å². The van der Waals surface area contributed by atoms with E-state index in [1.165, 1.54) is 5.52 Å². The molecule has 1 heterocycles. The van der Waals surface area contributed by atoms with Crippen LogP contribution >= 0.6 is 24.0 Å². The molecule has 0 unspecified atom stereocenters. The Morgan fingerprint density at radius 2 is 2.04 bits per heavy atom. The van der Waals surface area contributed by atoms with Crippen molar-refractivity contribution in [1.82, 2.24) is 20.2 Å². The normalized spacial score (nSPS) is 11.4. The van der Waals surface area contributed by atoms with Gasteiger partial charge in [0.25, 0.3) is 0 Å². The largest absolute Gasteiger partial charge is 0.382 e. The second-order valence-corrected chi connectivity index (χ2v) is 5.52. The number of nitrogens with one attached hydrogen (secondary N) is 2. The smallest absolute Gasteiger partial charge is 0.191 e. The lowest BCUT2D eigenvalue weighted by Crippen LogP contribution is -2.38. The first-order valence-corrected chi connectivity index (χ1v) is 8.85. The van der Waals surface area contributed by atoms with E-state index < -0.39 is 0 Å². The zero-order chi connectivity index (χ0) is 17.0. The van der Waals surface area contributed by atoms with Gasteiger partial charge in [-0.15, -0.1) is 24.0 Å². The third kappa shape index (κ3) is 7.60. The van der Waals surface area contributed by atoms with Crippen LogP contribution in [0.4, 0.5) is 0 Å². The third-order valence-corrected chi connectivity index (χ3v) is 3.66. The van der Waals surface area contributed by atoms with Crippen LogP contribution in [0.15, 0.2) is 35.6 Å². The molecule has 0 aliphatic rings. The number of halogens is 1. The molecule has 7 heteroatoms. The maximum Gasteiger partial charge on any atom is 0.191 e. The van der Waals surface area contributed by atoms with E-state index in [-0.39, 0.29) is 24.0 Å². The van der Waals surface area contributed by atoms with Crippen LogP contribution in [0, 0.1) is 0 Å². The van der Waals surface area contributed by atoms with Gasteiger partial charge in [-0.1, -0.05) is 12.1 Å². The number of ether oxygens (including phenoxy) is 1. The number of hydrogen-bond acceptors (Lipinski definition) is 3. The van der Waals surface area contributed by atoms with E-state index in [1.807, 2.05) is 31.5 Å². The zero-order valence-electron chi connectivity index (χ0n) is 15.2. The van der Waals surface area contributed by atoms with Crippen LogP contribution in [0.5, 0.6) is 0 Å². The molecule has 2 rings (SSSR count). The molecule has 1 aromatic carbocycles. The van der Waals surface area contributed by atoms with E-state index in [0.29, 0.717) is 0 Å². The number of fused-ring (bicyclic) bond motifs is 1. The number of para-hydroxylation sites is 2. The van der Waals surface area contributed by atoms with Gasteiger partial charge in [-0.3, -0.25) is 4.99 Å². The van der Waals surface area contributed by atoms with E-state index in [1.54, 1.807) is 0 Å². The van der Waals surface area contributed by atoms with Crippen molar-refractivity contribution in [3.8, 4) is 0 Å². The summed E-state index contributed by atoms with van der Waals surface area (Å²) in [6.07, 6.45) is 3.88. The first-order chi connectivity index (χ1) is 11.8. The number of hydrogen-bond donors (Lipinski definition) is 2. The van der Waals surface area contributed by atoms with Crippen LogP contribution in [-0.2, 0) is 11.3 Å². The highest BCUT2D eigenvalue weighted by molar-refractivity contribution is 14.0. The quantitative estimate of drug-likeness (QED) is 0.248. The van der Waals surface area contributed by atoms with Crippen molar-refractivity contribution >= 4 is 41.0 Å². The summed E-state index contributed by atoms with van der Waals surface area (Å²) >= 11 is 0. The fourth-order valence-corrected chi connectivity index (χ4v) is 2.49. The van der Waals surface area contributed by atoms with Crippen molar-refractivity contribution in [1.29, 1.82) is 0 Å². The fourth-order valence-electron chi connectivity index (χ4n) is 2.49. The highest BCUT2D eigenvalue weighted by atomic mass is 127. The Labute approximate surface area is 167 Å². The third-order valence-electron chi connectivity index (χ3n) is 3.66. The molecule has 0 saturated heterocycles. The lowest BCUT2D eigenvalue weighted by atomic mass is 10.3. The molecule has 0 aliphatic heterocycles. The summed E-state index contributed by atoms with van der Waals surface area (Å²) in [6.45, 7) is 9.10. The van der Waals surface area contributed by atoms with Gasteiger partial charge in [-0.2, -0.15) is 0 Å². The molecule has 25 heavy (non-hydrogen) atoms. The maximum atomic E-state index is 5.34. The second-order valence-electron chi connectivity index (χ2n) is 5.52. The summed E-state index contributed by atoms with van der Waals surface area (Å²) < 4.78 is 7.53. The first-order valence-electron chi connectivity index (χ1n) is 8.85. The topological polar surface area (TPSA) is 63.5 Å². The fraction of sp³-hybridized carbons (Fsp3) is 0.556. The van der Waals surface area contributed by atoms with E-state index >= 15 is 0 Å². The van der Waals surface area contributed by atoms with Gasteiger partial charge in [0.15, 0.2) is 5.96 Å². The molecule has 0 spiro atoms. The number of imidazole rings is 1. The molecule has 0 amide bonds. The number of aliphatic imine (C=N–C) groups is 1. The van der Waals surface area contributed by atoms with Gasteiger partial charge in [0.2, 0.25) is 0 Å². The van der Waals surface area contributed by atoms with Crippen LogP contribution in [0.1, 0.15) is 26.7 Å². The summed E-state index contributed by atoms with van der Waals surface area (Å²) in [4.78, 5) is 9.05. The lowest BCUT2D eigenvalue weighted by Gasteiger charge is -2.11. The minimum absolute atomic E-state index is 0. The molecular weight excluding hydrogens is 429 g/mol. The summed E-state index contributed by atoms with van der Waals surface area (Å²) in [5.41, 5.74) is 2.23. The monoisotopic (exact) mass is 459 g/mol. The number of benzene rings is 1. The summed E-state index contributed by atoms with van der Waals surface area (Å²) in [6, 6.07) is 8.22. The van der Waals surface area contributed by atoms with E-state index in [0.717, 1.165) is 63.7 Å². The first kappa shape index (κ1) is 21.7. The molecule has 2 aromatic rings. The molecule has 1 aromatic heterocycles. The summed E-state index contributed by atoms with van der Waals surface area (Å²) in [7, 11) is 0. The van der Waals surface area contributed by atoms with Crippen molar-refractivity contribution in [3.05, 3.63) is 30.6 Å². The average molecular weight is 459 g/mol. The van der Waals surface area contributed by atoms with Gasteiger partial charge in [-0.05, 0) is 38.8 Å². The number of aryl methyl sites for hydroxylation is 1. The van der Waals surface area contributed by atoms with Gasteiger partial charge in [0.1, 0.15) is 0 Å². The minimum Gasteiger partial charge on any atom is -0.382 e. The molecular formula is C18H30IN5O. The Morgan fingerprint density at radius 1 is 1.20 bits per heavy atom. The molecule has 0 atom stereocenters. The van der Waals surface area contributed by atoms with E-state index in [4.69, 9.17) is 4.74 Å². The Morgan fingerprint density at radius 3 is 2.84 bits per heavy atom. The standard InChI is InChI=1S/C18H29N5O.HI/c1-3-19-18(21-12-8-14-24-4-2)20-11-7-13-23-15-22-16-9-5-6-10-17(16)23;/h5-6,9-10,15H,3-4,7-8,11-14H2,1-2H3,(H2,19,20,21);1H. The van der Waals surface area contributed by atoms with E-state index in [2.05, 4.69) is 38.2 Å². The number of nitrogens with zero attached hydrogens (tertiary/aromatic N) is 3. The van der Waals surface area contributed by atoms with Gasteiger partial charge < -0.3 is 19.9 Å². The van der Waals surface area contributed by atoms with Crippen molar-refractivity contribution < 1.29 is 4.74 Å². The molecule has 0 radical (unpaired) electrons. The highest BCUT2D eigenvalue weighted by Gasteiger charge is 2.01. The van der Waals surface area contributed by atoms with Crippen molar-refractivity contribution in [2.45, 2.75) is 33.2 Å². The van der Waals surface area contributed by atoms with Crippen LogP contribution in [-0.4, -0.2) is 48.4 Å². The molecule has 0 bridgehead atoms. The van der Waals surface area contributed by atoms with Crippen molar-refractivity contribution in [2.75, 3.05) is 32.8 Å². The Bertz CT molecular complexity index is 629. The molecule has 6 nitrogen and oxygen atoms in total. The van der Waals surface area contributed by atoms with Gasteiger partial charge >= 0.3 is 0 Å². The SMILES string of the molecule is CCNC(=NCCCn1cnc2ccccc21)NCCCOCC.I. The van der Waals surface area contributed by atoms with Crippen LogP contribution in [0.25, 0.3) is 11.0 Å². The second kappa shape index (κ2) is 12.9. The predicted molar refractivity (Wildman–Crippen MR) is 115 cm³/mol. The minimum atomic E-state index is 0. The number of guanidine groups is 1. The average Bonchev–Trinajstić information content (AvgIpc) is 3.01. The van der Waals surface area contributed by atoms with Crippen molar-refractivity contribution in [2.24, 2.45) is 4.99 Å². The van der Waals surface area contributed by atoms with Gasteiger partial charge in [-0.25, -0.2) is 4.98 Å². The summed E-state index contributed by atoms with van der Waals surface area (Å²) in [5, 5.41) is 6.62. The molecule has 140 valence electrons. The Hall–Kier alpha value is -1.35. The molecule has 0 saturated carbocycles. The number of rotatable bonds is 10. The van der Waals surface area contributed by atoms with Gasteiger partial charge in [0.05, 0.1) is 17.4 Å². The number of aromatic nitrogens is 2. The molecule has 0 aliphatic carbocycles. The summed E-state index contributed by atoms with van der Waals surface area (Å²) in [5.74, 6) is 0.879. The Balaban J connectivity index is 0.00000312. The van der Waals surface area contributed by atoms with Crippen LogP contribution in [0.3, 0.4) is 0 Å². The zero-order valence-corrected chi connectivity index (χ0v) is 17.5. The lowest BCUT2D eigenvalue weighted by molar-refractivity contribution is 0.145. The Kier molecular flexibility index (Phi) is 11.2. The maximum absolute atomic E-state index is 5.34. The van der Waals surface area contributed by atoms with Crippen LogP contribution in [0.2, 0.25) is 0 Å². The van der Waals surface area contributed by atoms with E-state index in [9.17, 15) is 0 Å². The van der Waals surface area contributed by atoms with Gasteiger partial charge in [0, 0.05) is 39.4 Å².